The Hall–Kier alpha value is -1.18. The maximum Gasteiger partial charge on any atom is 0.409 e. The molecule has 228 valence electrons. The molecule has 7 heteroatoms. The molecule has 1 rings (SSSR count). The lowest BCUT2D eigenvalue weighted by molar-refractivity contribution is -0.697. The second-order valence-corrected chi connectivity index (χ2v) is 10.7. The number of hydrogen-bond donors (Lipinski definition) is 1. The summed E-state index contributed by atoms with van der Waals surface area (Å²) in [5.41, 5.74) is 0. The van der Waals surface area contributed by atoms with E-state index in [2.05, 4.69) is 36.1 Å². The number of unbranched alkanes of at least 4 members (excludes halogenated alkanes) is 13. The molecule has 0 aliphatic heterocycles. The highest BCUT2D eigenvalue weighted by Crippen LogP contribution is 2.14. The van der Waals surface area contributed by atoms with Crippen molar-refractivity contribution in [1.82, 2.24) is 5.32 Å². The second kappa shape index (κ2) is 27.0. The third kappa shape index (κ3) is 21.3. The van der Waals surface area contributed by atoms with E-state index in [-0.39, 0.29) is 29.1 Å². The number of aromatic nitrogens is 1. The number of ether oxygens (including phenoxy) is 3. The molecule has 1 N–H and O–H groups in total. The second-order valence-electron chi connectivity index (χ2n) is 10.7. The first kappa shape index (κ1) is 37.8. The van der Waals surface area contributed by atoms with Gasteiger partial charge in [0.2, 0.25) is 6.29 Å². The van der Waals surface area contributed by atoms with Gasteiger partial charge in [0, 0.05) is 31.7 Å². The molecule has 39 heavy (non-hydrogen) atoms. The lowest BCUT2D eigenvalue weighted by Crippen LogP contribution is -3.00. The molecule has 0 fully saturated rings. The Morgan fingerprint density at radius 2 is 1.36 bits per heavy atom. The Morgan fingerprint density at radius 1 is 0.795 bits per heavy atom. The van der Waals surface area contributed by atoms with Gasteiger partial charge in [0.1, 0.15) is 12.6 Å². The summed E-state index contributed by atoms with van der Waals surface area (Å²) < 4.78 is 19.0. The molecule has 0 radical (unpaired) electrons. The molecule has 1 aromatic rings. The van der Waals surface area contributed by atoms with Crippen LogP contribution in [0.1, 0.15) is 130 Å². The molecule has 3 atom stereocenters. The van der Waals surface area contributed by atoms with Crippen molar-refractivity contribution in [2.75, 3.05) is 13.7 Å². The zero-order valence-corrected chi connectivity index (χ0v) is 27.1. The van der Waals surface area contributed by atoms with Crippen molar-refractivity contribution in [3.63, 3.8) is 0 Å². The Labute approximate surface area is 250 Å². The van der Waals surface area contributed by atoms with Crippen LogP contribution >= 0.6 is 0 Å². The minimum absolute atomic E-state index is 0. The topological polar surface area (TPSA) is 60.7 Å². The normalized spacial score (nSPS) is 13.3. The lowest BCUT2D eigenvalue weighted by atomic mass is 10.0. The zero-order valence-electron chi connectivity index (χ0n) is 25.5. The van der Waals surface area contributed by atoms with Crippen LogP contribution in [0.15, 0.2) is 30.6 Å². The molecular formula is C32H59BrN2O4. The van der Waals surface area contributed by atoms with Gasteiger partial charge in [0.15, 0.2) is 12.4 Å². The maximum absolute atomic E-state index is 12.6. The van der Waals surface area contributed by atoms with E-state index >= 15 is 0 Å². The fourth-order valence-corrected chi connectivity index (χ4v) is 4.65. The molecular weight excluding hydrogens is 556 g/mol. The van der Waals surface area contributed by atoms with Crippen LogP contribution in [0.4, 0.5) is 4.79 Å². The van der Waals surface area contributed by atoms with Crippen LogP contribution in [0, 0.1) is 0 Å². The maximum atomic E-state index is 12.6. The number of carbonyl (C=O) groups is 1. The number of methoxy groups -OCH3 is 1. The van der Waals surface area contributed by atoms with E-state index < -0.39 is 12.4 Å². The summed E-state index contributed by atoms with van der Waals surface area (Å²) in [6.45, 7) is 7.72. The number of nitrogens with zero attached hydrogens (tertiary/aromatic N) is 1. The predicted octanol–water partition coefficient (Wildman–Crippen LogP) is 5.12. The number of amides is 1. The molecule has 0 saturated heterocycles. The van der Waals surface area contributed by atoms with E-state index in [0.29, 0.717) is 6.61 Å². The van der Waals surface area contributed by atoms with E-state index in [1.165, 1.54) is 77.0 Å². The Bertz CT molecular complexity index is 665. The number of nitrogens with one attached hydrogen (secondary N) is 1. The molecule has 0 aromatic carbocycles. The average molecular weight is 616 g/mol. The van der Waals surface area contributed by atoms with Gasteiger partial charge in [-0.15, -0.1) is 0 Å². The molecule has 1 aromatic heterocycles. The number of pyridine rings is 1. The Morgan fingerprint density at radius 3 is 1.90 bits per heavy atom. The van der Waals surface area contributed by atoms with E-state index in [0.717, 1.165) is 38.6 Å². The highest BCUT2D eigenvalue weighted by Gasteiger charge is 2.23. The minimum atomic E-state index is -0.710. The van der Waals surface area contributed by atoms with Crippen LogP contribution in [0.3, 0.4) is 0 Å². The third-order valence-electron chi connectivity index (χ3n) is 7.32. The van der Waals surface area contributed by atoms with Crippen molar-refractivity contribution in [3.05, 3.63) is 30.6 Å². The van der Waals surface area contributed by atoms with Gasteiger partial charge in [0.05, 0.1) is 6.61 Å². The fraction of sp³-hybridized carbons (Fsp3) is 0.812. The first-order chi connectivity index (χ1) is 18.6. The third-order valence-corrected chi connectivity index (χ3v) is 7.32. The summed E-state index contributed by atoms with van der Waals surface area (Å²) in [4.78, 5) is 12.6. The minimum Gasteiger partial charge on any atom is -1.00 e. The molecule has 6 nitrogen and oxygen atoms in total. The lowest BCUT2D eigenvalue weighted by Gasteiger charge is -2.25. The predicted molar refractivity (Wildman–Crippen MR) is 156 cm³/mol. The van der Waals surface area contributed by atoms with Crippen LogP contribution in [0.2, 0.25) is 0 Å². The van der Waals surface area contributed by atoms with Gasteiger partial charge in [-0.3, -0.25) is 0 Å². The van der Waals surface area contributed by atoms with Crippen LogP contribution in [0.25, 0.3) is 0 Å². The van der Waals surface area contributed by atoms with Crippen molar-refractivity contribution in [2.45, 2.75) is 155 Å². The van der Waals surface area contributed by atoms with Crippen molar-refractivity contribution in [2.24, 2.45) is 0 Å². The summed E-state index contributed by atoms with van der Waals surface area (Å²) in [6.07, 6.45) is 24.0. The highest BCUT2D eigenvalue weighted by molar-refractivity contribution is 5.67. The van der Waals surface area contributed by atoms with Crippen molar-refractivity contribution < 1.29 is 40.6 Å². The first-order valence-corrected chi connectivity index (χ1v) is 15.7. The number of aryl methyl sites for hydroxylation is 1. The van der Waals surface area contributed by atoms with E-state index in [1.54, 1.807) is 7.11 Å². The summed E-state index contributed by atoms with van der Waals surface area (Å²) in [5.74, 6) is 0. The summed E-state index contributed by atoms with van der Waals surface area (Å²) in [6, 6.07) is 6.21. The molecule has 0 bridgehead atoms. The number of alkyl carbamates (subject to hydrolysis) is 1. The molecule has 0 saturated carbocycles. The SMILES string of the molecule is CCCCCCCCCCCCCCCC(CC)NC(=O)OC(OCCCC[n+]1ccccc1)C(C)OC.[Br-]. The molecule has 1 heterocycles. The molecule has 3 unspecified atom stereocenters. The van der Waals surface area contributed by atoms with Gasteiger partial charge in [-0.25, -0.2) is 9.36 Å². The number of hydrogen-bond acceptors (Lipinski definition) is 4. The van der Waals surface area contributed by atoms with Crippen LogP contribution in [-0.4, -0.2) is 38.2 Å². The summed E-state index contributed by atoms with van der Waals surface area (Å²) >= 11 is 0. The number of halogens is 1. The molecule has 0 aliphatic carbocycles. The fourth-order valence-electron chi connectivity index (χ4n) is 4.65. The van der Waals surface area contributed by atoms with Crippen LogP contribution in [0.5, 0.6) is 0 Å². The first-order valence-electron chi connectivity index (χ1n) is 15.7. The average Bonchev–Trinajstić information content (AvgIpc) is 2.94. The quantitative estimate of drug-likeness (QED) is 0.0943. The summed E-state index contributed by atoms with van der Waals surface area (Å²) in [5, 5.41) is 3.04. The van der Waals surface area contributed by atoms with Crippen molar-refractivity contribution in [3.8, 4) is 0 Å². The monoisotopic (exact) mass is 614 g/mol. The molecule has 0 spiro atoms. The van der Waals surface area contributed by atoms with Gasteiger partial charge < -0.3 is 36.5 Å². The summed E-state index contributed by atoms with van der Waals surface area (Å²) in [7, 11) is 1.61. The zero-order chi connectivity index (χ0) is 27.7. The highest BCUT2D eigenvalue weighted by atomic mass is 79.9. The van der Waals surface area contributed by atoms with Gasteiger partial charge in [-0.05, 0) is 26.2 Å². The molecule has 0 aliphatic rings. The Balaban J connectivity index is 0.0000144. The van der Waals surface area contributed by atoms with Crippen LogP contribution in [-0.2, 0) is 20.8 Å². The van der Waals surface area contributed by atoms with E-state index in [9.17, 15) is 4.79 Å². The van der Waals surface area contributed by atoms with Gasteiger partial charge in [0.25, 0.3) is 0 Å². The van der Waals surface area contributed by atoms with E-state index in [1.807, 2.05) is 25.1 Å². The van der Waals surface area contributed by atoms with Crippen molar-refractivity contribution >= 4 is 6.09 Å². The van der Waals surface area contributed by atoms with Crippen LogP contribution < -0.4 is 26.9 Å². The molecule has 1 amide bonds. The standard InChI is InChI=1S/C32H58N2O4.BrH/c1-5-7-8-9-10-11-12-13-14-15-16-17-19-24-30(6-2)33-32(35)38-31(29(3)36-4)37-28-23-22-27-34-25-20-18-21-26-34;/h18,20-21,25-26,29-31H,5-17,19,22-24,27-28H2,1-4H3;1H. The smallest absolute Gasteiger partial charge is 0.409 e. The largest absolute Gasteiger partial charge is 1.00 e. The van der Waals surface area contributed by atoms with Gasteiger partial charge in [-0.1, -0.05) is 103 Å². The number of carbonyl (C=O) groups excluding carboxylic acids is 1. The van der Waals surface area contributed by atoms with E-state index in [4.69, 9.17) is 14.2 Å². The van der Waals surface area contributed by atoms with Gasteiger partial charge in [-0.2, -0.15) is 0 Å². The van der Waals surface area contributed by atoms with Crippen molar-refractivity contribution in [1.29, 1.82) is 0 Å². The Kier molecular flexibility index (Phi) is 26.2. The van der Waals surface area contributed by atoms with Gasteiger partial charge >= 0.3 is 6.09 Å². The number of rotatable bonds is 25.